The molecule has 5 rings (SSSR count). The predicted molar refractivity (Wildman–Crippen MR) is 125 cm³/mol. The van der Waals surface area contributed by atoms with Crippen molar-refractivity contribution < 1.29 is 14.3 Å². The molecule has 2 aromatic heterocycles. The van der Waals surface area contributed by atoms with Gasteiger partial charge in [0.15, 0.2) is 22.5 Å². The van der Waals surface area contributed by atoms with Crippen molar-refractivity contribution in [3.8, 4) is 22.9 Å². The number of nitrogens with zero attached hydrogens (tertiary/aromatic N) is 4. The van der Waals surface area contributed by atoms with Crippen LogP contribution in [0.15, 0.2) is 47.9 Å². The summed E-state index contributed by atoms with van der Waals surface area (Å²) in [5, 5.41) is 12.7. The van der Waals surface area contributed by atoms with Gasteiger partial charge in [-0.3, -0.25) is 14.3 Å². The molecular formula is C24H27N5O3S. The van der Waals surface area contributed by atoms with Gasteiger partial charge in [-0.1, -0.05) is 37.6 Å². The lowest BCUT2D eigenvalue weighted by Crippen LogP contribution is -2.25. The van der Waals surface area contributed by atoms with Gasteiger partial charge in [-0.05, 0) is 48.6 Å². The van der Waals surface area contributed by atoms with E-state index >= 15 is 0 Å². The molecule has 1 fully saturated rings. The number of aromatic nitrogens is 4. The average Bonchev–Trinajstić information content (AvgIpc) is 3.49. The number of hydrogen-bond donors (Lipinski definition) is 1. The van der Waals surface area contributed by atoms with E-state index in [2.05, 4.69) is 32.0 Å². The highest BCUT2D eigenvalue weighted by Crippen LogP contribution is 2.39. The Kier molecular flexibility index (Phi) is 6.48. The molecular weight excluding hydrogens is 438 g/mol. The molecule has 172 valence electrons. The number of ether oxygens (including phenoxy) is 2. The molecule has 1 aliphatic carbocycles. The minimum absolute atomic E-state index is 0.0492. The number of fused-ring (bicyclic) bond motifs is 1. The first kappa shape index (κ1) is 21.8. The van der Waals surface area contributed by atoms with Crippen molar-refractivity contribution >= 4 is 17.7 Å². The van der Waals surface area contributed by atoms with Crippen LogP contribution in [0.3, 0.4) is 0 Å². The third-order valence-electron chi connectivity index (χ3n) is 6.24. The number of hydrogen-bond acceptors (Lipinski definition) is 7. The van der Waals surface area contributed by atoms with Crippen LogP contribution in [-0.2, 0) is 11.3 Å². The summed E-state index contributed by atoms with van der Waals surface area (Å²) in [5.74, 6) is 3.04. The molecule has 0 saturated heterocycles. The second-order valence-corrected chi connectivity index (χ2v) is 9.44. The van der Waals surface area contributed by atoms with E-state index in [4.69, 9.17) is 9.47 Å². The Labute approximate surface area is 197 Å². The predicted octanol–water partition coefficient (Wildman–Crippen LogP) is 4.23. The second kappa shape index (κ2) is 9.82. The number of thioether (sulfide) groups is 1. The first-order valence-corrected chi connectivity index (χ1v) is 12.3. The molecule has 1 aromatic carbocycles. The lowest BCUT2D eigenvalue weighted by molar-refractivity contribution is -0.118. The van der Waals surface area contributed by atoms with Crippen molar-refractivity contribution in [1.82, 2.24) is 25.1 Å². The van der Waals surface area contributed by atoms with Gasteiger partial charge in [-0.25, -0.2) is 0 Å². The number of carbonyl (C=O) groups is 1. The smallest absolute Gasteiger partial charge is 0.231 e. The standard InChI is InChI=1S/C24H27N5O3S/c1-16-5-2-3-7-19(16)29-23(18-6-4-10-25-13-18)27-28-24(29)33-14-22(30)26-12-17-8-9-20-21(11-17)32-15-31-20/h4,6,8-11,13,16,19H,2-3,5,7,12,14-15H2,1H3,(H,26,30)/t16-,19-/m0/s1. The van der Waals surface area contributed by atoms with Gasteiger partial charge in [-0.2, -0.15) is 0 Å². The van der Waals surface area contributed by atoms with Crippen molar-refractivity contribution in [2.24, 2.45) is 5.92 Å². The first-order chi connectivity index (χ1) is 16.2. The summed E-state index contributed by atoms with van der Waals surface area (Å²) < 4.78 is 13.0. The Hall–Kier alpha value is -3.07. The van der Waals surface area contributed by atoms with Crippen LogP contribution in [0.5, 0.6) is 11.5 Å². The minimum atomic E-state index is -0.0492. The Bertz CT molecular complexity index is 1120. The molecule has 1 aliphatic heterocycles. The van der Waals surface area contributed by atoms with Crippen LogP contribution < -0.4 is 14.8 Å². The highest BCUT2D eigenvalue weighted by Gasteiger charge is 2.29. The van der Waals surface area contributed by atoms with Crippen LogP contribution in [0.4, 0.5) is 0 Å². The summed E-state index contributed by atoms with van der Waals surface area (Å²) in [6, 6.07) is 9.94. The van der Waals surface area contributed by atoms with E-state index in [-0.39, 0.29) is 18.5 Å². The van der Waals surface area contributed by atoms with E-state index in [1.54, 1.807) is 6.20 Å². The molecule has 1 amide bonds. The summed E-state index contributed by atoms with van der Waals surface area (Å²) in [5.41, 5.74) is 1.91. The van der Waals surface area contributed by atoms with Gasteiger partial charge in [0, 0.05) is 30.5 Å². The van der Waals surface area contributed by atoms with Gasteiger partial charge in [0.1, 0.15) is 0 Å². The van der Waals surface area contributed by atoms with Gasteiger partial charge >= 0.3 is 0 Å². The molecule has 0 bridgehead atoms. The Morgan fingerprint density at radius 1 is 1.18 bits per heavy atom. The summed E-state index contributed by atoms with van der Waals surface area (Å²) in [6.07, 6.45) is 8.31. The molecule has 1 saturated carbocycles. The summed E-state index contributed by atoms with van der Waals surface area (Å²) >= 11 is 1.43. The van der Waals surface area contributed by atoms with E-state index in [9.17, 15) is 4.79 Å². The van der Waals surface area contributed by atoms with Gasteiger partial charge in [0.05, 0.1) is 5.75 Å². The van der Waals surface area contributed by atoms with Crippen molar-refractivity contribution in [2.45, 2.75) is 50.4 Å². The number of carbonyl (C=O) groups excluding carboxylic acids is 1. The summed E-state index contributed by atoms with van der Waals surface area (Å²) in [4.78, 5) is 16.9. The third kappa shape index (κ3) is 4.83. The zero-order chi connectivity index (χ0) is 22.6. The lowest BCUT2D eigenvalue weighted by Gasteiger charge is -2.31. The van der Waals surface area contributed by atoms with E-state index in [0.29, 0.717) is 24.3 Å². The van der Waals surface area contributed by atoms with Crippen molar-refractivity contribution in [3.63, 3.8) is 0 Å². The fraction of sp³-hybridized carbons (Fsp3) is 0.417. The SMILES string of the molecule is C[C@H]1CCCC[C@@H]1n1c(SCC(=O)NCc2ccc3c(c2)OCO3)nnc1-c1cccnc1. The topological polar surface area (TPSA) is 91.2 Å². The molecule has 2 aliphatic rings. The number of benzene rings is 1. The Balaban J connectivity index is 1.27. The zero-order valence-corrected chi connectivity index (χ0v) is 19.4. The van der Waals surface area contributed by atoms with Crippen molar-refractivity contribution in [3.05, 3.63) is 48.3 Å². The quantitative estimate of drug-likeness (QED) is 0.522. The highest BCUT2D eigenvalue weighted by molar-refractivity contribution is 7.99. The van der Waals surface area contributed by atoms with Crippen LogP contribution >= 0.6 is 11.8 Å². The largest absolute Gasteiger partial charge is 0.454 e. The first-order valence-electron chi connectivity index (χ1n) is 11.3. The van der Waals surface area contributed by atoms with Gasteiger partial charge < -0.3 is 14.8 Å². The molecule has 33 heavy (non-hydrogen) atoms. The number of nitrogens with one attached hydrogen (secondary N) is 1. The van der Waals surface area contributed by atoms with Gasteiger partial charge in [-0.15, -0.1) is 10.2 Å². The summed E-state index contributed by atoms with van der Waals surface area (Å²) in [7, 11) is 0. The monoisotopic (exact) mass is 465 g/mol. The van der Waals surface area contributed by atoms with Gasteiger partial charge in [0.25, 0.3) is 0 Å². The average molecular weight is 466 g/mol. The molecule has 0 unspecified atom stereocenters. The third-order valence-corrected chi connectivity index (χ3v) is 7.18. The Morgan fingerprint density at radius 2 is 2.06 bits per heavy atom. The van der Waals surface area contributed by atoms with E-state index in [1.807, 2.05) is 36.5 Å². The normalized spacial score (nSPS) is 19.4. The molecule has 0 radical (unpaired) electrons. The van der Waals surface area contributed by atoms with Crippen LogP contribution in [0, 0.1) is 5.92 Å². The fourth-order valence-electron chi connectivity index (χ4n) is 4.48. The van der Waals surface area contributed by atoms with Gasteiger partial charge in [0.2, 0.25) is 12.7 Å². The zero-order valence-electron chi connectivity index (χ0n) is 18.6. The Morgan fingerprint density at radius 3 is 2.91 bits per heavy atom. The molecule has 1 N–H and O–H groups in total. The second-order valence-electron chi connectivity index (χ2n) is 8.50. The van der Waals surface area contributed by atoms with Crippen LogP contribution in [0.1, 0.15) is 44.2 Å². The summed E-state index contributed by atoms with van der Waals surface area (Å²) in [6.45, 7) is 2.97. The molecule has 3 aromatic rings. The fourth-order valence-corrected chi connectivity index (χ4v) is 5.30. The van der Waals surface area contributed by atoms with Crippen molar-refractivity contribution in [2.75, 3.05) is 12.5 Å². The molecule has 9 heteroatoms. The molecule has 8 nitrogen and oxygen atoms in total. The van der Waals surface area contributed by atoms with Crippen LogP contribution in [0.2, 0.25) is 0 Å². The number of amides is 1. The molecule has 2 atom stereocenters. The number of pyridine rings is 1. The maximum absolute atomic E-state index is 12.6. The van der Waals surface area contributed by atoms with E-state index in [0.717, 1.165) is 34.3 Å². The maximum Gasteiger partial charge on any atom is 0.231 e. The van der Waals surface area contributed by atoms with Crippen LogP contribution in [0.25, 0.3) is 11.4 Å². The number of rotatable bonds is 7. The lowest BCUT2D eigenvalue weighted by atomic mass is 9.85. The van der Waals surface area contributed by atoms with Crippen LogP contribution in [-0.4, -0.2) is 38.2 Å². The maximum atomic E-state index is 12.6. The highest BCUT2D eigenvalue weighted by atomic mass is 32.2. The van der Waals surface area contributed by atoms with E-state index < -0.39 is 0 Å². The molecule has 3 heterocycles. The minimum Gasteiger partial charge on any atom is -0.454 e. The molecule has 0 spiro atoms. The van der Waals surface area contributed by atoms with Crippen molar-refractivity contribution in [1.29, 1.82) is 0 Å². The van der Waals surface area contributed by atoms with E-state index in [1.165, 1.54) is 31.0 Å².